The molecule has 0 aliphatic heterocycles. The molecular weight excluding hydrogens is 318 g/mol. The molecule has 2 aromatic heterocycles. The van der Waals surface area contributed by atoms with E-state index >= 15 is 0 Å². The molecule has 8 heteroatoms. The summed E-state index contributed by atoms with van der Waals surface area (Å²) in [6.07, 6.45) is 1.42. The van der Waals surface area contributed by atoms with Gasteiger partial charge in [-0.05, 0) is 31.2 Å². The number of amides is 1. The van der Waals surface area contributed by atoms with Gasteiger partial charge in [-0.25, -0.2) is 8.78 Å². The summed E-state index contributed by atoms with van der Waals surface area (Å²) in [5.74, 6) is -1.10. The van der Waals surface area contributed by atoms with Gasteiger partial charge in [-0.2, -0.15) is 0 Å². The van der Waals surface area contributed by atoms with E-state index in [1.807, 2.05) is 0 Å². The first-order valence-corrected chi connectivity index (χ1v) is 6.94. The Hall–Kier alpha value is -3.29. The van der Waals surface area contributed by atoms with Crippen LogP contribution in [0.1, 0.15) is 16.2 Å². The summed E-state index contributed by atoms with van der Waals surface area (Å²) >= 11 is 0. The molecule has 3 rings (SSSR count). The van der Waals surface area contributed by atoms with Gasteiger partial charge in [0.05, 0.1) is 5.69 Å². The number of benzene rings is 1. The van der Waals surface area contributed by atoms with Gasteiger partial charge in [0.25, 0.3) is 5.91 Å². The molecular formula is C16H12F2N4O2. The number of aryl methyl sites for hydroxylation is 1. The van der Waals surface area contributed by atoms with Gasteiger partial charge >= 0.3 is 0 Å². The van der Waals surface area contributed by atoms with Crippen molar-refractivity contribution in [1.82, 2.24) is 10.1 Å². The lowest BCUT2D eigenvalue weighted by Crippen LogP contribution is -2.15. The minimum absolute atomic E-state index is 0.0592. The number of aromatic nitrogens is 2. The molecule has 0 aliphatic rings. The van der Waals surface area contributed by atoms with E-state index in [4.69, 9.17) is 4.52 Å². The topological polar surface area (TPSA) is 80.0 Å². The Labute approximate surface area is 135 Å². The van der Waals surface area contributed by atoms with E-state index in [9.17, 15) is 13.6 Å². The second-order valence-corrected chi connectivity index (χ2v) is 4.96. The van der Waals surface area contributed by atoms with E-state index in [0.29, 0.717) is 23.3 Å². The molecule has 122 valence electrons. The van der Waals surface area contributed by atoms with Crippen LogP contribution in [0, 0.1) is 18.6 Å². The van der Waals surface area contributed by atoms with E-state index in [1.54, 1.807) is 19.1 Å². The van der Waals surface area contributed by atoms with Crippen LogP contribution in [0.25, 0.3) is 0 Å². The minimum Gasteiger partial charge on any atom is -0.360 e. The third-order valence-corrected chi connectivity index (χ3v) is 3.07. The van der Waals surface area contributed by atoms with Crippen molar-refractivity contribution in [2.45, 2.75) is 6.92 Å². The van der Waals surface area contributed by atoms with Crippen LogP contribution in [-0.4, -0.2) is 16.0 Å². The lowest BCUT2D eigenvalue weighted by Gasteiger charge is -2.07. The van der Waals surface area contributed by atoms with Crippen molar-refractivity contribution in [2.75, 3.05) is 10.6 Å². The number of pyridine rings is 1. The number of hydrogen-bond donors (Lipinski definition) is 2. The fourth-order valence-electron chi connectivity index (χ4n) is 1.98. The molecule has 3 aromatic rings. The van der Waals surface area contributed by atoms with Crippen molar-refractivity contribution in [1.29, 1.82) is 0 Å². The molecule has 6 nitrogen and oxygen atoms in total. The fourth-order valence-corrected chi connectivity index (χ4v) is 1.98. The lowest BCUT2D eigenvalue weighted by molar-refractivity contribution is 0.102. The van der Waals surface area contributed by atoms with Gasteiger partial charge in [0, 0.05) is 24.0 Å². The molecule has 1 amide bonds. The Morgan fingerprint density at radius 3 is 2.71 bits per heavy atom. The van der Waals surface area contributed by atoms with Gasteiger partial charge in [0.2, 0.25) is 0 Å². The Morgan fingerprint density at radius 1 is 1.17 bits per heavy atom. The first-order valence-electron chi connectivity index (χ1n) is 6.94. The Balaban J connectivity index is 1.76. The van der Waals surface area contributed by atoms with Crippen molar-refractivity contribution in [3.05, 3.63) is 65.7 Å². The standard InChI is InChI=1S/C16H12F2N4O2/c1-9-6-15(22-24-9)20-11-4-5-19-14(8-11)16(23)21-13-3-2-10(17)7-12(13)18/h2-8H,1H3,(H,21,23)(H,19,20,22). The molecule has 2 N–H and O–H groups in total. The van der Waals surface area contributed by atoms with Gasteiger partial charge in [0.15, 0.2) is 5.82 Å². The van der Waals surface area contributed by atoms with Crippen molar-refractivity contribution < 1.29 is 18.1 Å². The summed E-state index contributed by atoms with van der Waals surface area (Å²) in [7, 11) is 0. The van der Waals surface area contributed by atoms with Crippen molar-refractivity contribution in [3.8, 4) is 0 Å². The van der Waals surface area contributed by atoms with Crippen LogP contribution in [-0.2, 0) is 0 Å². The maximum absolute atomic E-state index is 13.6. The number of carbonyl (C=O) groups is 1. The van der Waals surface area contributed by atoms with Gasteiger partial charge in [-0.1, -0.05) is 5.16 Å². The zero-order valence-corrected chi connectivity index (χ0v) is 12.5. The first-order chi connectivity index (χ1) is 11.5. The maximum Gasteiger partial charge on any atom is 0.274 e. The summed E-state index contributed by atoms with van der Waals surface area (Å²) < 4.78 is 31.4. The highest BCUT2D eigenvalue weighted by Gasteiger charge is 2.12. The molecule has 24 heavy (non-hydrogen) atoms. The minimum atomic E-state index is -0.865. The predicted molar refractivity (Wildman–Crippen MR) is 83.1 cm³/mol. The van der Waals surface area contributed by atoms with Crippen molar-refractivity contribution in [2.24, 2.45) is 0 Å². The highest BCUT2D eigenvalue weighted by molar-refractivity contribution is 6.03. The number of nitrogens with one attached hydrogen (secondary N) is 2. The molecule has 0 fully saturated rings. The normalized spacial score (nSPS) is 10.5. The predicted octanol–water partition coefficient (Wildman–Crippen LogP) is 3.65. The van der Waals surface area contributed by atoms with Crippen molar-refractivity contribution >= 4 is 23.1 Å². The molecule has 0 saturated heterocycles. The second kappa shape index (κ2) is 6.45. The summed E-state index contributed by atoms with van der Waals surface area (Å²) in [4.78, 5) is 16.1. The molecule has 2 heterocycles. The monoisotopic (exact) mass is 330 g/mol. The quantitative estimate of drug-likeness (QED) is 0.763. The third-order valence-electron chi connectivity index (χ3n) is 3.07. The lowest BCUT2D eigenvalue weighted by atomic mass is 10.2. The van der Waals surface area contributed by atoms with E-state index in [1.165, 1.54) is 12.3 Å². The van der Waals surface area contributed by atoms with Crippen LogP contribution in [0.2, 0.25) is 0 Å². The smallest absolute Gasteiger partial charge is 0.274 e. The molecule has 0 atom stereocenters. The number of halogens is 2. The Kier molecular flexibility index (Phi) is 4.19. The van der Waals surface area contributed by atoms with E-state index < -0.39 is 17.5 Å². The van der Waals surface area contributed by atoms with Gasteiger partial charge in [-0.15, -0.1) is 0 Å². The molecule has 1 aromatic carbocycles. The highest BCUT2D eigenvalue weighted by atomic mass is 19.1. The molecule has 0 radical (unpaired) electrons. The number of anilines is 3. The molecule has 0 bridgehead atoms. The zero-order valence-electron chi connectivity index (χ0n) is 12.5. The molecule has 0 unspecified atom stereocenters. The van der Waals surface area contributed by atoms with Crippen LogP contribution < -0.4 is 10.6 Å². The second-order valence-electron chi connectivity index (χ2n) is 4.96. The number of hydrogen-bond acceptors (Lipinski definition) is 5. The number of rotatable bonds is 4. The number of carbonyl (C=O) groups excluding carboxylic acids is 1. The summed E-state index contributed by atoms with van der Waals surface area (Å²) in [5.41, 5.74) is 0.487. The van der Waals surface area contributed by atoms with Gasteiger partial charge in [0.1, 0.15) is 23.1 Å². The highest BCUT2D eigenvalue weighted by Crippen LogP contribution is 2.18. The summed E-state index contributed by atoms with van der Waals surface area (Å²) in [6.45, 7) is 1.75. The van der Waals surface area contributed by atoms with Crippen LogP contribution in [0.4, 0.5) is 26.0 Å². The van der Waals surface area contributed by atoms with Crippen LogP contribution >= 0.6 is 0 Å². The van der Waals surface area contributed by atoms with Crippen LogP contribution in [0.3, 0.4) is 0 Å². The SMILES string of the molecule is Cc1cc(Nc2ccnc(C(=O)Nc3ccc(F)cc3F)c2)no1. The Morgan fingerprint density at radius 2 is 2.00 bits per heavy atom. The van der Waals surface area contributed by atoms with Gasteiger partial charge in [-0.3, -0.25) is 9.78 Å². The fraction of sp³-hybridized carbons (Fsp3) is 0.0625. The maximum atomic E-state index is 13.6. The van der Waals surface area contributed by atoms with E-state index in [-0.39, 0.29) is 11.4 Å². The van der Waals surface area contributed by atoms with E-state index in [0.717, 1.165) is 12.1 Å². The molecule has 0 aliphatic carbocycles. The van der Waals surface area contributed by atoms with Crippen LogP contribution in [0.5, 0.6) is 0 Å². The molecule has 0 spiro atoms. The summed E-state index contributed by atoms with van der Waals surface area (Å²) in [5, 5.41) is 9.08. The van der Waals surface area contributed by atoms with Crippen molar-refractivity contribution in [3.63, 3.8) is 0 Å². The number of nitrogens with zero attached hydrogens (tertiary/aromatic N) is 2. The average Bonchev–Trinajstić information content (AvgIpc) is 2.95. The summed E-state index contributed by atoms with van der Waals surface area (Å²) in [6, 6.07) is 7.68. The van der Waals surface area contributed by atoms with Crippen LogP contribution in [0.15, 0.2) is 47.1 Å². The largest absolute Gasteiger partial charge is 0.360 e. The third kappa shape index (κ3) is 3.54. The first kappa shape index (κ1) is 15.6. The average molecular weight is 330 g/mol. The molecule has 0 saturated carbocycles. The zero-order chi connectivity index (χ0) is 17.1. The Bertz CT molecular complexity index is 895. The van der Waals surface area contributed by atoms with E-state index in [2.05, 4.69) is 20.8 Å². The van der Waals surface area contributed by atoms with Gasteiger partial charge < -0.3 is 15.2 Å².